The summed E-state index contributed by atoms with van der Waals surface area (Å²) in [4.78, 5) is 36.5. The maximum atomic E-state index is 12.8. The molecule has 11 nitrogen and oxygen atoms in total. The van der Waals surface area contributed by atoms with E-state index in [1.54, 1.807) is 41.9 Å². The number of carbonyl (C=O) groups is 3. The van der Waals surface area contributed by atoms with E-state index in [0.29, 0.717) is 44.1 Å². The third kappa shape index (κ3) is 15.8. The molecule has 0 aromatic heterocycles. The van der Waals surface area contributed by atoms with Crippen LogP contribution in [0.5, 0.6) is 11.5 Å². The summed E-state index contributed by atoms with van der Waals surface area (Å²) < 4.78 is 22.1. The van der Waals surface area contributed by atoms with Crippen molar-refractivity contribution < 1.29 is 38.4 Å². The molecule has 0 aliphatic rings. The van der Waals surface area contributed by atoms with Gasteiger partial charge in [-0.15, -0.1) is 0 Å². The van der Waals surface area contributed by atoms with Crippen LogP contribution in [0, 0.1) is 17.8 Å². The maximum Gasteiger partial charge on any atom is 0.407 e. The molecule has 1 aromatic rings. The number of hydrogen-bond acceptors (Lipinski definition) is 8. The number of aliphatic hydroxyl groups is 1. The van der Waals surface area contributed by atoms with Crippen LogP contribution in [0.25, 0.3) is 0 Å². The van der Waals surface area contributed by atoms with E-state index in [1.165, 1.54) is 6.92 Å². The predicted octanol–water partition coefficient (Wildman–Crippen LogP) is 3.85. The van der Waals surface area contributed by atoms with E-state index in [9.17, 15) is 19.5 Å². The lowest BCUT2D eigenvalue weighted by molar-refractivity contribution is -0.126. The van der Waals surface area contributed by atoms with E-state index in [2.05, 4.69) is 29.8 Å². The van der Waals surface area contributed by atoms with Crippen LogP contribution in [0.3, 0.4) is 0 Å². The molecule has 1 aromatic carbocycles. The molecule has 0 unspecified atom stereocenters. The number of rotatable bonds is 19. The molecule has 0 radical (unpaired) electrons. The van der Waals surface area contributed by atoms with Gasteiger partial charge in [-0.2, -0.15) is 0 Å². The standard InChI is InChI=1S/C32H55N3O8/c1-21(2)25(18-24-11-12-28(41-9)29(19-24)42-16-10-15-40-8)20-26(35-31(39)43-32(5,6)7)27(37)17-22(3)30(38)34-14-13-33-23(4)36/h11-12,19,21-22,25-27,37H,10,13-18,20H2,1-9H3,(H,33,36)(H,34,38)(H,35,39)/t22-,25+,26+,27+/m1/s1. The number of hydrogen-bond donors (Lipinski definition) is 4. The molecule has 3 amide bonds. The average Bonchev–Trinajstić information content (AvgIpc) is 2.91. The number of benzene rings is 1. The van der Waals surface area contributed by atoms with Crippen LogP contribution in [0.15, 0.2) is 18.2 Å². The fourth-order valence-corrected chi connectivity index (χ4v) is 4.57. The van der Waals surface area contributed by atoms with E-state index in [1.807, 2.05) is 18.2 Å². The molecule has 4 atom stereocenters. The van der Waals surface area contributed by atoms with E-state index < -0.39 is 29.8 Å². The van der Waals surface area contributed by atoms with Crippen molar-refractivity contribution >= 4 is 17.9 Å². The first kappa shape index (κ1) is 38.0. The molecule has 0 bridgehead atoms. The van der Waals surface area contributed by atoms with Crippen LogP contribution in [0.2, 0.25) is 0 Å². The van der Waals surface area contributed by atoms with E-state index in [4.69, 9.17) is 18.9 Å². The largest absolute Gasteiger partial charge is 0.493 e. The highest BCUT2D eigenvalue weighted by molar-refractivity contribution is 5.78. The molecule has 4 N–H and O–H groups in total. The van der Waals surface area contributed by atoms with Crippen LogP contribution < -0.4 is 25.4 Å². The van der Waals surface area contributed by atoms with Crippen molar-refractivity contribution in [1.82, 2.24) is 16.0 Å². The van der Waals surface area contributed by atoms with Gasteiger partial charge in [0.05, 0.1) is 25.9 Å². The Balaban J connectivity index is 3.07. The average molecular weight is 610 g/mol. The summed E-state index contributed by atoms with van der Waals surface area (Å²) in [6.45, 7) is 14.4. The number of alkyl carbamates (subject to hydrolysis) is 1. The zero-order chi connectivity index (χ0) is 32.6. The highest BCUT2D eigenvalue weighted by atomic mass is 16.6. The third-order valence-electron chi connectivity index (χ3n) is 6.98. The Morgan fingerprint density at radius 1 is 0.953 bits per heavy atom. The number of amides is 3. The first-order valence-electron chi connectivity index (χ1n) is 15.1. The number of carbonyl (C=O) groups excluding carboxylic acids is 3. The molecule has 0 saturated carbocycles. The lowest BCUT2D eigenvalue weighted by atomic mass is 9.82. The molecular formula is C32H55N3O8. The summed E-state index contributed by atoms with van der Waals surface area (Å²) in [7, 11) is 3.26. The Kier molecular flexibility index (Phi) is 17.0. The molecule has 0 aliphatic heterocycles. The number of ether oxygens (including phenoxy) is 4. The van der Waals surface area contributed by atoms with Gasteiger partial charge >= 0.3 is 6.09 Å². The van der Waals surface area contributed by atoms with Crippen molar-refractivity contribution in [2.24, 2.45) is 17.8 Å². The number of methoxy groups -OCH3 is 2. The Hall–Kier alpha value is -3.05. The fourth-order valence-electron chi connectivity index (χ4n) is 4.57. The van der Waals surface area contributed by atoms with Gasteiger partial charge < -0.3 is 40.0 Å². The summed E-state index contributed by atoms with van der Waals surface area (Å²) in [6, 6.07) is 5.20. The summed E-state index contributed by atoms with van der Waals surface area (Å²) in [6.07, 6.45) is 0.405. The second kappa shape index (κ2) is 19.3. The highest BCUT2D eigenvalue weighted by Crippen LogP contribution is 2.32. The van der Waals surface area contributed by atoms with Crippen molar-refractivity contribution in [3.05, 3.63) is 23.8 Å². The van der Waals surface area contributed by atoms with Gasteiger partial charge in [-0.1, -0.05) is 26.8 Å². The number of nitrogens with one attached hydrogen (secondary N) is 3. The minimum atomic E-state index is -1.000. The SMILES string of the molecule is COCCCOc1cc(C[C@@H](C[C@H](NC(=O)OC(C)(C)C)[C@@H](O)C[C@@H](C)C(=O)NCCNC(C)=O)C(C)C)ccc1OC. The molecule has 43 heavy (non-hydrogen) atoms. The van der Waals surface area contributed by atoms with Gasteiger partial charge in [0.25, 0.3) is 0 Å². The molecule has 0 spiro atoms. The monoisotopic (exact) mass is 609 g/mol. The normalized spacial score (nSPS) is 14.3. The van der Waals surface area contributed by atoms with Crippen molar-refractivity contribution in [3.8, 4) is 11.5 Å². The second-order valence-corrected chi connectivity index (χ2v) is 12.4. The number of aliphatic hydroxyl groups excluding tert-OH is 1. The lowest BCUT2D eigenvalue weighted by Gasteiger charge is -2.32. The molecule has 246 valence electrons. The predicted molar refractivity (Wildman–Crippen MR) is 166 cm³/mol. The molecule has 0 heterocycles. The van der Waals surface area contributed by atoms with Crippen molar-refractivity contribution in [2.75, 3.05) is 40.5 Å². The van der Waals surface area contributed by atoms with Crippen LogP contribution in [0.4, 0.5) is 4.79 Å². The second-order valence-electron chi connectivity index (χ2n) is 12.4. The summed E-state index contributed by atoms with van der Waals surface area (Å²) >= 11 is 0. The lowest BCUT2D eigenvalue weighted by Crippen LogP contribution is -2.48. The Morgan fingerprint density at radius 2 is 1.63 bits per heavy atom. The van der Waals surface area contributed by atoms with Gasteiger partial charge in [-0.3, -0.25) is 9.59 Å². The fraction of sp³-hybridized carbons (Fsp3) is 0.719. The molecule has 0 fully saturated rings. The minimum absolute atomic E-state index is 0.0751. The Bertz CT molecular complexity index is 995. The summed E-state index contributed by atoms with van der Waals surface area (Å²) in [5.41, 5.74) is 0.333. The molecule has 0 saturated heterocycles. The minimum Gasteiger partial charge on any atom is -0.493 e. The van der Waals surface area contributed by atoms with Gasteiger partial charge in [-0.05, 0) is 69.6 Å². The Labute approximate surface area is 257 Å². The molecule has 1 rings (SSSR count). The van der Waals surface area contributed by atoms with Gasteiger partial charge in [0, 0.05) is 46.1 Å². The van der Waals surface area contributed by atoms with Crippen molar-refractivity contribution in [1.29, 1.82) is 0 Å². The zero-order valence-electron chi connectivity index (χ0n) is 27.6. The van der Waals surface area contributed by atoms with Crippen molar-refractivity contribution in [2.45, 2.75) is 91.9 Å². The zero-order valence-corrected chi connectivity index (χ0v) is 27.6. The summed E-state index contributed by atoms with van der Waals surface area (Å²) in [5, 5.41) is 19.6. The molecule has 11 heteroatoms. The van der Waals surface area contributed by atoms with Crippen molar-refractivity contribution in [3.63, 3.8) is 0 Å². The van der Waals surface area contributed by atoms with Gasteiger partial charge in [-0.25, -0.2) is 4.79 Å². The van der Waals surface area contributed by atoms with Crippen LogP contribution in [0.1, 0.15) is 73.3 Å². The molecule has 0 aliphatic carbocycles. The summed E-state index contributed by atoms with van der Waals surface area (Å²) in [5.74, 6) is 0.661. The van der Waals surface area contributed by atoms with Crippen LogP contribution in [-0.4, -0.2) is 81.3 Å². The quantitative estimate of drug-likeness (QED) is 0.173. The highest BCUT2D eigenvalue weighted by Gasteiger charge is 2.31. The molecular weight excluding hydrogens is 554 g/mol. The van der Waals surface area contributed by atoms with E-state index in [-0.39, 0.29) is 36.6 Å². The Morgan fingerprint density at radius 3 is 2.21 bits per heavy atom. The third-order valence-corrected chi connectivity index (χ3v) is 6.98. The van der Waals surface area contributed by atoms with Crippen LogP contribution in [-0.2, 0) is 25.5 Å². The van der Waals surface area contributed by atoms with E-state index in [0.717, 1.165) is 12.0 Å². The first-order chi connectivity index (χ1) is 20.2. The first-order valence-corrected chi connectivity index (χ1v) is 15.1. The van der Waals surface area contributed by atoms with Gasteiger partial charge in [0.1, 0.15) is 5.60 Å². The van der Waals surface area contributed by atoms with E-state index >= 15 is 0 Å². The van der Waals surface area contributed by atoms with Gasteiger partial charge in [0.15, 0.2) is 11.5 Å². The smallest absolute Gasteiger partial charge is 0.407 e. The van der Waals surface area contributed by atoms with Crippen LogP contribution >= 0.6 is 0 Å². The topological polar surface area (TPSA) is 144 Å². The van der Waals surface area contributed by atoms with Gasteiger partial charge in [0.2, 0.25) is 11.8 Å². The maximum absolute atomic E-state index is 12.8.